The second kappa shape index (κ2) is 7.74. The molecule has 0 heterocycles. The fraction of sp³-hybridized carbons (Fsp3) is 0.462. The SMILES string of the molecule is COc1ccccc1CCNCC(=O)NCC(F)(F)F. The second-order valence-electron chi connectivity index (χ2n) is 4.13. The number of carbonyl (C=O) groups is 1. The maximum Gasteiger partial charge on any atom is 0.405 e. The summed E-state index contributed by atoms with van der Waals surface area (Å²) in [7, 11) is 1.57. The van der Waals surface area contributed by atoms with E-state index in [0.717, 1.165) is 11.3 Å². The molecule has 0 aliphatic heterocycles. The van der Waals surface area contributed by atoms with Crippen LogP contribution in [-0.4, -0.2) is 38.8 Å². The number of benzene rings is 1. The summed E-state index contributed by atoms with van der Waals surface area (Å²) in [5.41, 5.74) is 0.971. The van der Waals surface area contributed by atoms with Crippen molar-refractivity contribution in [2.45, 2.75) is 12.6 Å². The lowest BCUT2D eigenvalue weighted by molar-refractivity contribution is -0.137. The van der Waals surface area contributed by atoms with Gasteiger partial charge in [0.15, 0.2) is 0 Å². The van der Waals surface area contributed by atoms with E-state index in [9.17, 15) is 18.0 Å². The van der Waals surface area contributed by atoms with Crippen LogP contribution in [0, 0.1) is 0 Å². The molecule has 0 aliphatic rings. The molecule has 2 N–H and O–H groups in total. The molecule has 0 spiro atoms. The van der Waals surface area contributed by atoms with Gasteiger partial charge in [-0.15, -0.1) is 0 Å². The molecule has 1 amide bonds. The fourth-order valence-electron chi connectivity index (χ4n) is 1.60. The minimum atomic E-state index is -4.38. The topological polar surface area (TPSA) is 50.4 Å². The van der Waals surface area contributed by atoms with Crippen LogP contribution in [0.2, 0.25) is 0 Å². The predicted octanol–water partition coefficient (Wildman–Crippen LogP) is 1.51. The Hall–Kier alpha value is -1.76. The summed E-state index contributed by atoms with van der Waals surface area (Å²) in [6.07, 6.45) is -3.76. The van der Waals surface area contributed by atoms with E-state index >= 15 is 0 Å². The Morgan fingerprint density at radius 3 is 2.65 bits per heavy atom. The van der Waals surface area contributed by atoms with Gasteiger partial charge < -0.3 is 15.4 Å². The van der Waals surface area contributed by atoms with Crippen molar-refractivity contribution in [1.82, 2.24) is 10.6 Å². The molecule has 0 unspecified atom stereocenters. The average Bonchev–Trinajstić information content (AvgIpc) is 2.41. The van der Waals surface area contributed by atoms with Crippen molar-refractivity contribution >= 4 is 5.91 Å². The van der Waals surface area contributed by atoms with Gasteiger partial charge in [-0.3, -0.25) is 4.79 Å². The van der Waals surface area contributed by atoms with Crippen molar-refractivity contribution in [3.05, 3.63) is 29.8 Å². The van der Waals surface area contributed by atoms with E-state index < -0.39 is 18.6 Å². The molecule has 7 heteroatoms. The molecule has 0 fully saturated rings. The third-order valence-electron chi connectivity index (χ3n) is 2.54. The highest BCUT2D eigenvalue weighted by Gasteiger charge is 2.27. The van der Waals surface area contributed by atoms with Crippen LogP contribution >= 0.6 is 0 Å². The molecular formula is C13H17F3N2O2. The lowest BCUT2D eigenvalue weighted by atomic mass is 10.1. The van der Waals surface area contributed by atoms with E-state index in [1.54, 1.807) is 12.4 Å². The number of amides is 1. The molecule has 1 aromatic carbocycles. The van der Waals surface area contributed by atoms with Gasteiger partial charge in [0.1, 0.15) is 12.3 Å². The van der Waals surface area contributed by atoms with Crippen molar-refractivity contribution in [1.29, 1.82) is 0 Å². The number of alkyl halides is 3. The molecule has 112 valence electrons. The lowest BCUT2D eigenvalue weighted by Gasteiger charge is -2.10. The van der Waals surface area contributed by atoms with Crippen molar-refractivity contribution in [2.75, 3.05) is 26.7 Å². The summed E-state index contributed by atoms with van der Waals surface area (Å²) in [6.45, 7) is -0.981. The number of hydrogen-bond donors (Lipinski definition) is 2. The number of rotatable bonds is 7. The Balaban J connectivity index is 2.23. The fourth-order valence-corrected chi connectivity index (χ4v) is 1.60. The molecule has 0 aliphatic carbocycles. The van der Waals surface area contributed by atoms with E-state index in [-0.39, 0.29) is 6.54 Å². The largest absolute Gasteiger partial charge is 0.496 e. The second-order valence-corrected chi connectivity index (χ2v) is 4.13. The van der Waals surface area contributed by atoms with Crippen LogP contribution in [0.3, 0.4) is 0 Å². The molecule has 20 heavy (non-hydrogen) atoms. The van der Waals surface area contributed by atoms with Gasteiger partial charge in [0.2, 0.25) is 5.91 Å². The highest BCUT2D eigenvalue weighted by molar-refractivity contribution is 5.77. The molecule has 0 atom stereocenters. The van der Waals surface area contributed by atoms with Crippen LogP contribution in [0.15, 0.2) is 24.3 Å². The first kappa shape index (κ1) is 16.3. The minimum Gasteiger partial charge on any atom is -0.496 e. The highest BCUT2D eigenvalue weighted by atomic mass is 19.4. The number of carbonyl (C=O) groups excluding carboxylic acids is 1. The Bertz CT molecular complexity index is 436. The number of nitrogens with one attached hydrogen (secondary N) is 2. The third-order valence-corrected chi connectivity index (χ3v) is 2.54. The van der Waals surface area contributed by atoms with E-state index in [4.69, 9.17) is 4.74 Å². The summed E-state index contributed by atoms with van der Waals surface area (Å²) >= 11 is 0. The molecule has 0 saturated heterocycles. The monoisotopic (exact) mass is 290 g/mol. The Kier molecular flexibility index (Phi) is 6.30. The van der Waals surface area contributed by atoms with Gasteiger partial charge in [0, 0.05) is 0 Å². The Morgan fingerprint density at radius 1 is 1.30 bits per heavy atom. The molecule has 1 rings (SSSR count). The molecule has 0 bridgehead atoms. The summed E-state index contributed by atoms with van der Waals surface area (Å²) in [6, 6.07) is 7.43. The van der Waals surface area contributed by atoms with Gasteiger partial charge in [-0.05, 0) is 24.6 Å². The molecular weight excluding hydrogens is 273 g/mol. The van der Waals surface area contributed by atoms with Crippen molar-refractivity contribution < 1.29 is 22.7 Å². The number of hydrogen-bond acceptors (Lipinski definition) is 3. The Morgan fingerprint density at radius 2 is 2.00 bits per heavy atom. The van der Waals surface area contributed by atoms with Crippen molar-refractivity contribution in [2.24, 2.45) is 0 Å². The van der Waals surface area contributed by atoms with Crippen molar-refractivity contribution in [3.8, 4) is 5.75 Å². The maximum absolute atomic E-state index is 11.9. The average molecular weight is 290 g/mol. The number of halogens is 3. The van der Waals surface area contributed by atoms with Crippen LogP contribution in [0.25, 0.3) is 0 Å². The first-order valence-corrected chi connectivity index (χ1v) is 6.08. The van der Waals surface area contributed by atoms with Gasteiger partial charge in [-0.2, -0.15) is 13.2 Å². The third kappa shape index (κ3) is 6.42. The summed E-state index contributed by atoms with van der Waals surface area (Å²) in [5.74, 6) is 0.0678. The summed E-state index contributed by atoms with van der Waals surface area (Å²) in [5, 5.41) is 4.58. The maximum atomic E-state index is 11.9. The predicted molar refractivity (Wildman–Crippen MR) is 68.6 cm³/mol. The molecule has 0 aromatic heterocycles. The van der Waals surface area contributed by atoms with Crippen LogP contribution in [0.4, 0.5) is 13.2 Å². The highest BCUT2D eigenvalue weighted by Crippen LogP contribution is 2.17. The zero-order valence-electron chi connectivity index (χ0n) is 11.1. The van der Waals surface area contributed by atoms with Crippen LogP contribution < -0.4 is 15.4 Å². The quantitative estimate of drug-likeness (QED) is 0.748. The first-order chi connectivity index (χ1) is 9.42. The van der Waals surface area contributed by atoms with E-state index in [1.165, 1.54) is 0 Å². The number of methoxy groups -OCH3 is 1. The molecule has 0 saturated carbocycles. The van der Waals surface area contributed by atoms with Crippen molar-refractivity contribution in [3.63, 3.8) is 0 Å². The zero-order chi connectivity index (χ0) is 15.0. The van der Waals surface area contributed by atoms with Gasteiger partial charge in [0.05, 0.1) is 13.7 Å². The first-order valence-electron chi connectivity index (χ1n) is 6.08. The summed E-state index contributed by atoms with van der Waals surface area (Å²) in [4.78, 5) is 11.1. The standard InChI is InChI=1S/C13H17F3N2O2/c1-20-11-5-3-2-4-10(11)6-7-17-8-12(19)18-9-13(14,15)16/h2-5,17H,6-9H2,1H3,(H,18,19). The van der Waals surface area contributed by atoms with Crippen LogP contribution in [-0.2, 0) is 11.2 Å². The normalized spacial score (nSPS) is 11.2. The number of para-hydroxylation sites is 1. The smallest absolute Gasteiger partial charge is 0.405 e. The van der Waals surface area contributed by atoms with Crippen LogP contribution in [0.1, 0.15) is 5.56 Å². The Labute approximate surface area is 115 Å². The molecule has 4 nitrogen and oxygen atoms in total. The van der Waals surface area contributed by atoms with Gasteiger partial charge in [-0.25, -0.2) is 0 Å². The molecule has 0 radical (unpaired) electrons. The van der Waals surface area contributed by atoms with E-state index in [2.05, 4.69) is 5.32 Å². The van der Waals surface area contributed by atoms with E-state index in [0.29, 0.717) is 13.0 Å². The summed E-state index contributed by atoms with van der Waals surface area (Å²) < 4.78 is 40.7. The lowest BCUT2D eigenvalue weighted by Crippen LogP contribution is -2.39. The molecule has 1 aromatic rings. The van der Waals surface area contributed by atoms with Gasteiger partial charge in [0.25, 0.3) is 0 Å². The van der Waals surface area contributed by atoms with Gasteiger partial charge >= 0.3 is 6.18 Å². The van der Waals surface area contributed by atoms with Gasteiger partial charge in [-0.1, -0.05) is 18.2 Å². The van der Waals surface area contributed by atoms with Crippen LogP contribution in [0.5, 0.6) is 5.75 Å². The zero-order valence-corrected chi connectivity index (χ0v) is 11.1. The van der Waals surface area contributed by atoms with E-state index in [1.807, 2.05) is 24.3 Å². The number of ether oxygens (including phenoxy) is 1. The minimum absolute atomic E-state index is 0.148.